The van der Waals surface area contributed by atoms with Gasteiger partial charge in [0.1, 0.15) is 23.0 Å². The predicted octanol–water partition coefficient (Wildman–Crippen LogP) is 3.85. The molecule has 0 spiro atoms. The van der Waals surface area contributed by atoms with E-state index in [2.05, 4.69) is 10.6 Å². The fourth-order valence-corrected chi connectivity index (χ4v) is 4.05. The molecule has 0 saturated carbocycles. The van der Waals surface area contributed by atoms with Crippen LogP contribution in [0.3, 0.4) is 0 Å². The van der Waals surface area contributed by atoms with Crippen LogP contribution in [0.5, 0.6) is 5.75 Å². The van der Waals surface area contributed by atoms with Gasteiger partial charge in [0.2, 0.25) is 0 Å². The predicted molar refractivity (Wildman–Crippen MR) is 100 cm³/mol. The van der Waals surface area contributed by atoms with E-state index in [0.29, 0.717) is 41.0 Å². The van der Waals surface area contributed by atoms with Gasteiger partial charge in [0.25, 0.3) is 0 Å². The molecule has 2 aromatic carbocycles. The molecule has 28 heavy (non-hydrogen) atoms. The van der Waals surface area contributed by atoms with Crippen molar-refractivity contribution in [1.82, 2.24) is 5.32 Å². The molecule has 0 saturated heterocycles. The van der Waals surface area contributed by atoms with Crippen molar-refractivity contribution in [3.8, 4) is 5.75 Å². The van der Waals surface area contributed by atoms with Crippen molar-refractivity contribution in [3.05, 3.63) is 58.7 Å². The number of urea groups is 1. The van der Waals surface area contributed by atoms with E-state index in [1.165, 1.54) is 24.3 Å². The maximum Gasteiger partial charge on any atom is 0.319 e. The van der Waals surface area contributed by atoms with Crippen molar-refractivity contribution in [2.24, 2.45) is 0 Å². The van der Waals surface area contributed by atoms with E-state index in [-0.39, 0.29) is 18.3 Å². The van der Waals surface area contributed by atoms with Gasteiger partial charge in [0.05, 0.1) is 12.1 Å². The lowest BCUT2D eigenvalue weighted by Crippen LogP contribution is -2.42. The Bertz CT molecular complexity index is 945. The fourth-order valence-electron chi connectivity index (χ4n) is 4.05. The molecule has 1 aliphatic carbocycles. The second-order valence-corrected chi connectivity index (χ2v) is 8.01. The molecule has 1 heterocycles. The lowest BCUT2D eigenvalue weighted by atomic mass is 9.90. The highest BCUT2D eigenvalue weighted by Gasteiger charge is 2.35. The summed E-state index contributed by atoms with van der Waals surface area (Å²) in [7, 11) is 0. The maximum absolute atomic E-state index is 14.0. The lowest BCUT2D eigenvalue weighted by Gasteiger charge is -2.37. The number of rotatable bonds is 2. The van der Waals surface area contributed by atoms with Crippen LogP contribution in [0.15, 0.2) is 30.3 Å². The van der Waals surface area contributed by atoms with E-state index in [0.717, 1.165) is 0 Å². The second-order valence-electron chi connectivity index (χ2n) is 8.01. The average molecular weight is 388 g/mol. The summed E-state index contributed by atoms with van der Waals surface area (Å²) in [5, 5.41) is 15.5. The summed E-state index contributed by atoms with van der Waals surface area (Å²) in [6.07, 6.45) is 0.411. The van der Waals surface area contributed by atoms with E-state index >= 15 is 0 Å². The number of aliphatic hydroxyl groups is 1. The first-order valence-electron chi connectivity index (χ1n) is 9.26. The van der Waals surface area contributed by atoms with Gasteiger partial charge in [0, 0.05) is 36.6 Å². The van der Waals surface area contributed by atoms with Crippen LogP contribution in [0, 0.1) is 11.6 Å². The number of aliphatic hydroxyl groups excluding tert-OH is 1. The summed E-state index contributed by atoms with van der Waals surface area (Å²) in [6.45, 7) is 3.75. The number of anilines is 1. The molecular formula is C21H22F2N2O3. The van der Waals surface area contributed by atoms with Gasteiger partial charge in [-0.3, -0.25) is 0 Å². The summed E-state index contributed by atoms with van der Waals surface area (Å²) in [4.78, 5) is 12.6. The fraction of sp³-hybridized carbons (Fsp3) is 0.381. The molecule has 3 N–H and O–H groups in total. The molecule has 1 aliphatic heterocycles. The highest BCUT2D eigenvalue weighted by atomic mass is 19.1. The number of halogens is 2. The van der Waals surface area contributed by atoms with Gasteiger partial charge < -0.3 is 20.5 Å². The first kappa shape index (κ1) is 18.7. The number of fused-ring (bicyclic) bond motifs is 2. The SMILES string of the molecule is CC1(C)C[C@@H](NC(=O)Nc2ccc(F)c3c2C[C@@H](O)C3)c2ccc(F)cc2O1. The number of nitrogens with one attached hydrogen (secondary N) is 2. The Balaban J connectivity index is 1.55. The van der Waals surface area contributed by atoms with Gasteiger partial charge in [-0.25, -0.2) is 13.6 Å². The van der Waals surface area contributed by atoms with Crippen molar-refractivity contribution in [2.45, 2.75) is 50.9 Å². The van der Waals surface area contributed by atoms with Gasteiger partial charge in [-0.05, 0) is 43.2 Å². The number of hydrogen-bond acceptors (Lipinski definition) is 3. The lowest BCUT2D eigenvalue weighted by molar-refractivity contribution is 0.0678. The zero-order valence-corrected chi connectivity index (χ0v) is 15.7. The Kier molecular flexibility index (Phi) is 4.50. The molecule has 0 radical (unpaired) electrons. The zero-order chi connectivity index (χ0) is 20.1. The molecule has 2 atom stereocenters. The molecule has 5 nitrogen and oxygen atoms in total. The second kappa shape index (κ2) is 6.74. The van der Waals surface area contributed by atoms with Crippen LogP contribution in [-0.2, 0) is 12.8 Å². The molecule has 7 heteroatoms. The summed E-state index contributed by atoms with van der Waals surface area (Å²) in [5.74, 6) is -0.368. The zero-order valence-electron chi connectivity index (χ0n) is 15.7. The van der Waals surface area contributed by atoms with E-state index in [1.54, 1.807) is 6.07 Å². The van der Waals surface area contributed by atoms with Crippen molar-refractivity contribution in [2.75, 3.05) is 5.32 Å². The Morgan fingerprint density at radius 1 is 1.18 bits per heavy atom. The normalized spacial score (nSPS) is 22.0. The standard InChI is InChI=1S/C21H22F2N2O3/c1-21(2)10-18(13-4-3-11(22)7-19(13)28-21)25-20(27)24-17-6-5-16(23)14-8-12(26)9-15(14)17/h3-7,12,18,26H,8-10H2,1-2H3,(H2,24,25,27)/t12-,18+/m0/s1. The van der Waals surface area contributed by atoms with E-state index in [1.807, 2.05) is 13.8 Å². The molecule has 4 rings (SSSR count). The van der Waals surface area contributed by atoms with E-state index in [4.69, 9.17) is 4.74 Å². The average Bonchev–Trinajstić information content (AvgIpc) is 2.98. The van der Waals surface area contributed by atoms with E-state index < -0.39 is 23.6 Å². The number of amides is 2. The van der Waals surface area contributed by atoms with Crippen LogP contribution in [0.4, 0.5) is 19.3 Å². The maximum atomic E-state index is 14.0. The third-order valence-electron chi connectivity index (χ3n) is 5.24. The van der Waals surface area contributed by atoms with Crippen LogP contribution in [0.1, 0.15) is 43.0 Å². The molecule has 0 aromatic heterocycles. The molecule has 0 unspecified atom stereocenters. The highest BCUT2D eigenvalue weighted by molar-refractivity contribution is 5.91. The largest absolute Gasteiger partial charge is 0.487 e. The van der Waals surface area contributed by atoms with Crippen molar-refractivity contribution < 1.29 is 23.4 Å². The van der Waals surface area contributed by atoms with Gasteiger partial charge in [-0.15, -0.1) is 0 Å². The Labute approximate surface area is 161 Å². The van der Waals surface area contributed by atoms with Gasteiger partial charge in [-0.1, -0.05) is 6.07 Å². The first-order valence-corrected chi connectivity index (χ1v) is 9.26. The summed E-state index contributed by atoms with van der Waals surface area (Å²) >= 11 is 0. The summed E-state index contributed by atoms with van der Waals surface area (Å²) < 4.78 is 33.4. The van der Waals surface area contributed by atoms with Gasteiger partial charge >= 0.3 is 6.03 Å². The quantitative estimate of drug-likeness (QED) is 0.732. The van der Waals surface area contributed by atoms with Crippen LogP contribution in [0.2, 0.25) is 0 Å². The van der Waals surface area contributed by atoms with Crippen LogP contribution in [0.25, 0.3) is 0 Å². The van der Waals surface area contributed by atoms with Gasteiger partial charge in [0.15, 0.2) is 0 Å². The number of hydrogen-bond donors (Lipinski definition) is 3. The minimum atomic E-state index is -0.645. The van der Waals surface area contributed by atoms with Crippen molar-refractivity contribution >= 4 is 11.7 Å². The summed E-state index contributed by atoms with van der Waals surface area (Å²) in [6, 6.07) is 6.24. The van der Waals surface area contributed by atoms with Crippen LogP contribution >= 0.6 is 0 Å². The minimum absolute atomic E-state index is 0.241. The van der Waals surface area contributed by atoms with Crippen LogP contribution < -0.4 is 15.4 Å². The Morgan fingerprint density at radius 3 is 2.71 bits per heavy atom. The number of ether oxygens (including phenoxy) is 1. The third-order valence-corrected chi connectivity index (χ3v) is 5.24. The molecule has 2 aromatic rings. The minimum Gasteiger partial charge on any atom is -0.487 e. The summed E-state index contributed by atoms with van der Waals surface area (Å²) in [5.41, 5.74) is 1.68. The van der Waals surface area contributed by atoms with E-state index in [9.17, 15) is 18.7 Å². The third kappa shape index (κ3) is 3.54. The van der Waals surface area contributed by atoms with Crippen LogP contribution in [-0.4, -0.2) is 22.8 Å². The Morgan fingerprint density at radius 2 is 1.93 bits per heavy atom. The Hall–Kier alpha value is -2.67. The number of benzene rings is 2. The molecule has 2 amide bonds. The number of carbonyl (C=O) groups excluding carboxylic acids is 1. The molecule has 0 bridgehead atoms. The van der Waals surface area contributed by atoms with Gasteiger partial charge in [-0.2, -0.15) is 0 Å². The monoisotopic (exact) mass is 388 g/mol. The highest BCUT2D eigenvalue weighted by Crippen LogP contribution is 2.40. The van der Waals surface area contributed by atoms with Crippen molar-refractivity contribution in [1.29, 1.82) is 0 Å². The molecule has 2 aliphatic rings. The molecule has 0 fully saturated rings. The number of carbonyl (C=O) groups is 1. The molecular weight excluding hydrogens is 366 g/mol. The first-order chi connectivity index (χ1) is 13.2. The molecule has 148 valence electrons. The smallest absolute Gasteiger partial charge is 0.319 e. The topological polar surface area (TPSA) is 70.6 Å². The van der Waals surface area contributed by atoms with Crippen molar-refractivity contribution in [3.63, 3.8) is 0 Å².